The molecule has 0 saturated carbocycles. The molecule has 0 fully saturated rings. The summed E-state index contributed by atoms with van der Waals surface area (Å²) in [5.41, 5.74) is 8.26. The van der Waals surface area contributed by atoms with Gasteiger partial charge in [0.25, 0.3) is 0 Å². The molecule has 1 atom stereocenters. The minimum absolute atomic E-state index is 0.0636. The highest BCUT2D eigenvalue weighted by atomic mass is 16.5. The van der Waals surface area contributed by atoms with Gasteiger partial charge < -0.3 is 9.47 Å². The zero-order valence-corrected chi connectivity index (χ0v) is 23.2. The third-order valence-corrected chi connectivity index (χ3v) is 7.10. The number of carbonyl (C=O) groups excluding carboxylic acids is 1. The highest BCUT2D eigenvalue weighted by Crippen LogP contribution is 2.38. The quantitative estimate of drug-likeness (QED) is 0.202. The zero-order valence-electron chi connectivity index (χ0n) is 23.2. The van der Waals surface area contributed by atoms with Gasteiger partial charge in [-0.2, -0.15) is 5.10 Å². The number of anilines is 1. The Morgan fingerprint density at radius 2 is 1.51 bits per heavy atom. The number of aromatic nitrogens is 2. The van der Waals surface area contributed by atoms with Crippen LogP contribution in [0.15, 0.2) is 108 Å². The fourth-order valence-corrected chi connectivity index (χ4v) is 5.11. The molecule has 0 aliphatic carbocycles. The SMILES string of the molecule is COC(=O)c1cccc(N2N=C(c3ccc4nccnc4c3)CC2c2ccc(-c3ccc(OC(C)C)cc3)cc2)c1. The molecule has 0 amide bonds. The minimum atomic E-state index is -0.380. The maximum Gasteiger partial charge on any atom is 0.337 e. The lowest BCUT2D eigenvalue weighted by Gasteiger charge is -2.24. The lowest BCUT2D eigenvalue weighted by atomic mass is 9.95. The third kappa shape index (κ3) is 5.52. The first-order valence-electron chi connectivity index (χ1n) is 13.6. The summed E-state index contributed by atoms with van der Waals surface area (Å²) >= 11 is 0. The normalized spacial score (nSPS) is 14.8. The van der Waals surface area contributed by atoms with Crippen LogP contribution < -0.4 is 9.75 Å². The van der Waals surface area contributed by atoms with E-state index in [0.717, 1.165) is 50.4 Å². The number of hydrazone groups is 1. The van der Waals surface area contributed by atoms with E-state index in [4.69, 9.17) is 14.6 Å². The molecule has 0 spiro atoms. The summed E-state index contributed by atoms with van der Waals surface area (Å²) in [5, 5.41) is 7.06. The molecule has 1 unspecified atom stereocenters. The number of rotatable bonds is 7. The maximum absolute atomic E-state index is 12.3. The molecule has 1 aliphatic rings. The molecular formula is C34H30N4O3. The number of esters is 1. The van der Waals surface area contributed by atoms with Gasteiger partial charge >= 0.3 is 5.97 Å². The maximum atomic E-state index is 12.3. The van der Waals surface area contributed by atoms with Crippen LogP contribution in [0.2, 0.25) is 0 Å². The van der Waals surface area contributed by atoms with Crippen LogP contribution in [0, 0.1) is 0 Å². The predicted octanol–water partition coefficient (Wildman–Crippen LogP) is 7.23. The van der Waals surface area contributed by atoms with E-state index in [1.54, 1.807) is 18.5 Å². The summed E-state index contributed by atoms with van der Waals surface area (Å²) in [6, 6.07) is 30.1. The Morgan fingerprint density at radius 1 is 0.829 bits per heavy atom. The average molecular weight is 543 g/mol. The van der Waals surface area contributed by atoms with E-state index in [1.807, 2.05) is 67.4 Å². The van der Waals surface area contributed by atoms with Crippen LogP contribution in [0.5, 0.6) is 5.75 Å². The molecule has 204 valence electrons. The molecule has 7 heteroatoms. The van der Waals surface area contributed by atoms with Gasteiger partial charge in [0.15, 0.2) is 0 Å². The molecule has 1 aliphatic heterocycles. The van der Waals surface area contributed by atoms with Gasteiger partial charge in [-0.25, -0.2) is 4.79 Å². The van der Waals surface area contributed by atoms with Crippen molar-refractivity contribution in [2.45, 2.75) is 32.4 Å². The van der Waals surface area contributed by atoms with Crippen molar-refractivity contribution in [2.24, 2.45) is 5.10 Å². The number of carbonyl (C=O) groups is 1. The van der Waals surface area contributed by atoms with Crippen molar-refractivity contribution >= 4 is 28.4 Å². The number of ether oxygens (including phenoxy) is 2. The molecule has 0 saturated heterocycles. The highest BCUT2D eigenvalue weighted by Gasteiger charge is 2.30. The Hall–Kier alpha value is -5.04. The highest BCUT2D eigenvalue weighted by molar-refractivity contribution is 6.05. The fourth-order valence-electron chi connectivity index (χ4n) is 5.11. The summed E-state index contributed by atoms with van der Waals surface area (Å²) in [4.78, 5) is 21.2. The molecule has 0 bridgehead atoms. The molecule has 5 aromatic rings. The van der Waals surface area contributed by atoms with Crippen LogP contribution in [0.4, 0.5) is 5.69 Å². The van der Waals surface area contributed by atoms with Gasteiger partial charge in [0, 0.05) is 24.4 Å². The van der Waals surface area contributed by atoms with Crippen molar-refractivity contribution in [3.63, 3.8) is 0 Å². The first-order chi connectivity index (χ1) is 20.0. The van der Waals surface area contributed by atoms with Gasteiger partial charge in [-0.1, -0.05) is 48.5 Å². The average Bonchev–Trinajstić information content (AvgIpc) is 3.46. The van der Waals surface area contributed by atoms with Crippen molar-refractivity contribution in [3.8, 4) is 16.9 Å². The van der Waals surface area contributed by atoms with Crippen molar-refractivity contribution in [1.82, 2.24) is 9.97 Å². The molecule has 41 heavy (non-hydrogen) atoms. The molecular weight excluding hydrogens is 512 g/mol. The van der Waals surface area contributed by atoms with Crippen molar-refractivity contribution in [3.05, 3.63) is 120 Å². The second-order valence-electron chi connectivity index (χ2n) is 10.2. The van der Waals surface area contributed by atoms with E-state index in [9.17, 15) is 4.79 Å². The number of hydrogen-bond donors (Lipinski definition) is 0. The smallest absolute Gasteiger partial charge is 0.337 e. The number of benzene rings is 4. The second-order valence-corrected chi connectivity index (χ2v) is 10.2. The van der Waals surface area contributed by atoms with E-state index in [0.29, 0.717) is 12.0 Å². The topological polar surface area (TPSA) is 76.9 Å². The van der Waals surface area contributed by atoms with Crippen LogP contribution in [-0.4, -0.2) is 34.9 Å². The Labute approximate surface area is 239 Å². The molecule has 7 nitrogen and oxygen atoms in total. The van der Waals surface area contributed by atoms with Gasteiger partial charge in [0.05, 0.1) is 47.3 Å². The molecule has 6 rings (SSSR count). The number of hydrogen-bond acceptors (Lipinski definition) is 7. The van der Waals surface area contributed by atoms with Crippen LogP contribution in [0.25, 0.3) is 22.2 Å². The molecule has 2 heterocycles. The van der Waals surface area contributed by atoms with Gasteiger partial charge in [-0.3, -0.25) is 15.0 Å². The summed E-state index contributed by atoms with van der Waals surface area (Å²) in [6.07, 6.45) is 4.22. The Morgan fingerprint density at radius 3 is 2.22 bits per heavy atom. The van der Waals surface area contributed by atoms with E-state index >= 15 is 0 Å². The van der Waals surface area contributed by atoms with E-state index < -0.39 is 0 Å². The standard InChI is InChI=1S/C34H30N4O3/c1-22(2)41-29-14-11-24(12-15-29)23-7-9-25(10-8-23)33-21-31(26-13-16-30-32(20-26)36-18-17-35-30)37-38(33)28-6-4-5-27(19-28)34(39)40-3/h4-20,22,33H,21H2,1-3H3. The lowest BCUT2D eigenvalue weighted by molar-refractivity contribution is 0.0600. The largest absolute Gasteiger partial charge is 0.491 e. The van der Waals surface area contributed by atoms with Gasteiger partial charge in [-0.05, 0) is 73.0 Å². The molecule has 1 aromatic heterocycles. The van der Waals surface area contributed by atoms with E-state index in [2.05, 4.69) is 46.4 Å². The summed E-state index contributed by atoms with van der Waals surface area (Å²) in [5.74, 6) is 0.481. The van der Waals surface area contributed by atoms with E-state index in [1.165, 1.54) is 7.11 Å². The van der Waals surface area contributed by atoms with Gasteiger partial charge in [0.2, 0.25) is 0 Å². The second kappa shape index (κ2) is 11.2. The van der Waals surface area contributed by atoms with Crippen molar-refractivity contribution in [1.29, 1.82) is 0 Å². The molecule has 0 radical (unpaired) electrons. The Kier molecular flexibility index (Phi) is 7.17. The van der Waals surface area contributed by atoms with Crippen molar-refractivity contribution in [2.75, 3.05) is 12.1 Å². The zero-order chi connectivity index (χ0) is 28.3. The van der Waals surface area contributed by atoms with Crippen molar-refractivity contribution < 1.29 is 14.3 Å². The number of nitrogens with zero attached hydrogens (tertiary/aromatic N) is 4. The molecule has 0 N–H and O–H groups in total. The first kappa shape index (κ1) is 26.2. The summed E-state index contributed by atoms with van der Waals surface area (Å²) in [6.45, 7) is 4.04. The monoisotopic (exact) mass is 542 g/mol. The van der Waals surface area contributed by atoms with Gasteiger partial charge in [0.1, 0.15) is 5.75 Å². The van der Waals surface area contributed by atoms with Crippen LogP contribution in [-0.2, 0) is 4.74 Å². The summed E-state index contributed by atoms with van der Waals surface area (Å²) < 4.78 is 10.8. The predicted molar refractivity (Wildman–Crippen MR) is 161 cm³/mol. The number of fused-ring (bicyclic) bond motifs is 1. The minimum Gasteiger partial charge on any atom is -0.491 e. The first-order valence-corrected chi connectivity index (χ1v) is 13.6. The third-order valence-electron chi connectivity index (χ3n) is 7.10. The fraction of sp³-hybridized carbons (Fsp3) is 0.176. The van der Waals surface area contributed by atoms with E-state index in [-0.39, 0.29) is 18.1 Å². The summed E-state index contributed by atoms with van der Waals surface area (Å²) in [7, 11) is 1.39. The Bertz CT molecular complexity index is 1730. The van der Waals surface area contributed by atoms with Crippen LogP contribution in [0.1, 0.15) is 47.8 Å². The van der Waals surface area contributed by atoms with Gasteiger partial charge in [-0.15, -0.1) is 0 Å². The number of methoxy groups -OCH3 is 1. The lowest BCUT2D eigenvalue weighted by Crippen LogP contribution is -2.19. The molecule has 4 aromatic carbocycles. The van der Waals surface area contributed by atoms with Crippen LogP contribution >= 0.6 is 0 Å². The Balaban J connectivity index is 1.34. The van der Waals surface area contributed by atoms with Crippen LogP contribution in [0.3, 0.4) is 0 Å².